The van der Waals surface area contributed by atoms with Gasteiger partial charge in [-0.25, -0.2) is 4.98 Å². The van der Waals surface area contributed by atoms with Crippen molar-refractivity contribution in [3.63, 3.8) is 0 Å². The van der Waals surface area contributed by atoms with E-state index in [9.17, 15) is 0 Å². The molecule has 0 radical (unpaired) electrons. The van der Waals surface area contributed by atoms with E-state index in [1.807, 2.05) is 6.07 Å². The molecule has 2 rings (SSSR count). The maximum Gasteiger partial charge on any atom is 0.228 e. The Bertz CT molecular complexity index is 354. The Hall–Kier alpha value is -0.130. The summed E-state index contributed by atoms with van der Waals surface area (Å²) in [5.74, 6) is 1.28. The van der Waals surface area contributed by atoms with E-state index in [4.69, 9.17) is 4.74 Å². The topological polar surface area (TPSA) is 34.1 Å². The van der Waals surface area contributed by atoms with E-state index < -0.39 is 0 Å². The van der Waals surface area contributed by atoms with E-state index >= 15 is 0 Å². The number of aromatic nitrogens is 1. The zero-order valence-electron chi connectivity index (χ0n) is 8.88. The van der Waals surface area contributed by atoms with Crippen LogP contribution in [0, 0.1) is 5.92 Å². The van der Waals surface area contributed by atoms with E-state index in [1.165, 1.54) is 12.8 Å². The zero-order chi connectivity index (χ0) is 11.4. The normalized spacial score (nSPS) is 20.8. The molecule has 1 N–H and O–H groups in total. The lowest BCUT2D eigenvalue weighted by atomic mass is 10.0. The van der Waals surface area contributed by atoms with Crippen LogP contribution < -0.4 is 10.1 Å². The third-order valence-corrected chi connectivity index (χ3v) is 3.63. The van der Waals surface area contributed by atoms with Crippen LogP contribution in [0.1, 0.15) is 12.8 Å². The molecule has 1 aliphatic rings. The SMILES string of the molecule is Brc1cnc(OCC2CCCNC2)c(Br)c1. The molecule has 5 heteroatoms. The molecule has 1 aliphatic heterocycles. The molecule has 1 saturated heterocycles. The molecule has 3 nitrogen and oxygen atoms in total. The Balaban J connectivity index is 1.88. The highest BCUT2D eigenvalue weighted by molar-refractivity contribution is 9.11. The lowest BCUT2D eigenvalue weighted by molar-refractivity contribution is 0.211. The highest BCUT2D eigenvalue weighted by Gasteiger charge is 2.14. The summed E-state index contributed by atoms with van der Waals surface area (Å²) < 4.78 is 7.56. The first-order valence-corrected chi connectivity index (χ1v) is 6.99. The van der Waals surface area contributed by atoms with Gasteiger partial charge in [0, 0.05) is 23.1 Å². The minimum absolute atomic E-state index is 0.603. The van der Waals surface area contributed by atoms with Crippen LogP contribution in [0.25, 0.3) is 0 Å². The first-order chi connectivity index (χ1) is 7.75. The van der Waals surface area contributed by atoms with Crippen LogP contribution >= 0.6 is 31.9 Å². The second-order valence-electron chi connectivity index (χ2n) is 3.96. The molecular formula is C11H14Br2N2O. The number of hydrogen-bond donors (Lipinski definition) is 1. The number of piperidine rings is 1. The van der Waals surface area contributed by atoms with E-state index in [0.717, 1.165) is 28.6 Å². The maximum atomic E-state index is 5.71. The minimum Gasteiger partial charge on any atom is -0.477 e. The number of rotatable bonds is 3. The highest BCUT2D eigenvalue weighted by atomic mass is 79.9. The molecule has 1 aromatic rings. The molecule has 0 saturated carbocycles. The standard InChI is InChI=1S/C11H14Br2N2O/c12-9-4-10(13)11(15-6-9)16-7-8-2-1-3-14-5-8/h4,6,8,14H,1-3,5,7H2. The van der Waals surface area contributed by atoms with Gasteiger partial charge in [-0.05, 0) is 57.3 Å². The van der Waals surface area contributed by atoms with E-state index in [-0.39, 0.29) is 0 Å². The van der Waals surface area contributed by atoms with Crippen molar-refractivity contribution in [1.82, 2.24) is 10.3 Å². The van der Waals surface area contributed by atoms with Crippen LogP contribution in [-0.4, -0.2) is 24.7 Å². The number of nitrogens with one attached hydrogen (secondary N) is 1. The summed E-state index contributed by atoms with van der Waals surface area (Å²) in [5, 5.41) is 3.38. The number of pyridine rings is 1. The van der Waals surface area contributed by atoms with Gasteiger partial charge in [-0.2, -0.15) is 0 Å². The molecule has 0 aromatic carbocycles. The van der Waals surface area contributed by atoms with Gasteiger partial charge < -0.3 is 10.1 Å². The van der Waals surface area contributed by atoms with Crippen LogP contribution in [0.15, 0.2) is 21.2 Å². The van der Waals surface area contributed by atoms with Gasteiger partial charge in [-0.1, -0.05) is 0 Å². The Labute approximate surface area is 112 Å². The zero-order valence-corrected chi connectivity index (χ0v) is 12.1. The van der Waals surface area contributed by atoms with Gasteiger partial charge >= 0.3 is 0 Å². The van der Waals surface area contributed by atoms with Crippen LogP contribution in [0.4, 0.5) is 0 Å². The predicted octanol–water partition coefficient (Wildman–Crippen LogP) is 2.99. The first kappa shape index (κ1) is 12.3. The van der Waals surface area contributed by atoms with Gasteiger partial charge in [0.1, 0.15) is 0 Å². The van der Waals surface area contributed by atoms with Crippen LogP contribution in [0.3, 0.4) is 0 Å². The molecule has 0 amide bonds. The third kappa shape index (κ3) is 3.43. The molecule has 0 bridgehead atoms. The van der Waals surface area contributed by atoms with Crippen molar-refractivity contribution in [3.05, 3.63) is 21.2 Å². The summed E-state index contributed by atoms with van der Waals surface area (Å²) in [6.45, 7) is 2.92. The monoisotopic (exact) mass is 348 g/mol. The molecule has 1 fully saturated rings. The smallest absolute Gasteiger partial charge is 0.228 e. The molecule has 0 spiro atoms. The number of ether oxygens (including phenoxy) is 1. The third-order valence-electron chi connectivity index (χ3n) is 2.63. The fourth-order valence-electron chi connectivity index (χ4n) is 1.77. The number of hydrogen-bond acceptors (Lipinski definition) is 3. The van der Waals surface area contributed by atoms with Crippen LogP contribution in [-0.2, 0) is 0 Å². The largest absolute Gasteiger partial charge is 0.477 e. The molecule has 2 heterocycles. The van der Waals surface area contributed by atoms with Gasteiger partial charge in [-0.3, -0.25) is 0 Å². The molecule has 88 valence electrons. The van der Waals surface area contributed by atoms with Gasteiger partial charge in [0.2, 0.25) is 5.88 Å². The summed E-state index contributed by atoms with van der Waals surface area (Å²) in [6, 6.07) is 1.95. The van der Waals surface area contributed by atoms with Crippen LogP contribution in [0.2, 0.25) is 0 Å². The summed E-state index contributed by atoms with van der Waals surface area (Å²) in [6.07, 6.45) is 4.23. The summed E-state index contributed by atoms with van der Waals surface area (Å²) in [5.41, 5.74) is 0. The molecule has 1 aromatic heterocycles. The Morgan fingerprint density at radius 2 is 2.38 bits per heavy atom. The Morgan fingerprint density at radius 1 is 1.50 bits per heavy atom. The highest BCUT2D eigenvalue weighted by Crippen LogP contribution is 2.26. The van der Waals surface area contributed by atoms with Gasteiger partial charge in [0.05, 0.1) is 11.1 Å². The van der Waals surface area contributed by atoms with E-state index in [0.29, 0.717) is 11.8 Å². The van der Waals surface area contributed by atoms with Crippen molar-refractivity contribution in [2.75, 3.05) is 19.7 Å². The summed E-state index contributed by atoms with van der Waals surface area (Å²) in [4.78, 5) is 4.23. The summed E-state index contributed by atoms with van der Waals surface area (Å²) >= 11 is 6.80. The predicted molar refractivity (Wildman–Crippen MR) is 70.7 cm³/mol. The van der Waals surface area contributed by atoms with Gasteiger partial charge in [-0.15, -0.1) is 0 Å². The van der Waals surface area contributed by atoms with Gasteiger partial charge in [0.15, 0.2) is 0 Å². The fraction of sp³-hybridized carbons (Fsp3) is 0.545. The number of halogens is 2. The molecule has 0 aliphatic carbocycles. The first-order valence-electron chi connectivity index (χ1n) is 5.40. The lowest BCUT2D eigenvalue weighted by Crippen LogP contribution is -2.33. The summed E-state index contributed by atoms with van der Waals surface area (Å²) in [7, 11) is 0. The van der Waals surface area contributed by atoms with E-state index in [1.54, 1.807) is 6.20 Å². The molecule has 16 heavy (non-hydrogen) atoms. The lowest BCUT2D eigenvalue weighted by Gasteiger charge is -2.22. The van der Waals surface area contributed by atoms with Gasteiger partial charge in [0.25, 0.3) is 0 Å². The second kappa shape index (κ2) is 5.98. The van der Waals surface area contributed by atoms with E-state index in [2.05, 4.69) is 42.2 Å². The molecule has 1 atom stereocenters. The average molecular weight is 350 g/mol. The van der Waals surface area contributed by atoms with Crippen molar-refractivity contribution < 1.29 is 4.74 Å². The maximum absolute atomic E-state index is 5.71. The molecule has 1 unspecified atom stereocenters. The van der Waals surface area contributed by atoms with Crippen molar-refractivity contribution in [2.24, 2.45) is 5.92 Å². The second-order valence-corrected chi connectivity index (χ2v) is 5.73. The quantitative estimate of drug-likeness (QED) is 0.910. The van der Waals surface area contributed by atoms with Crippen molar-refractivity contribution in [1.29, 1.82) is 0 Å². The Kier molecular flexibility index (Phi) is 4.61. The molecular weight excluding hydrogens is 336 g/mol. The number of nitrogens with zero attached hydrogens (tertiary/aromatic N) is 1. The average Bonchev–Trinajstić information content (AvgIpc) is 2.29. The van der Waals surface area contributed by atoms with Crippen LogP contribution in [0.5, 0.6) is 5.88 Å². The Morgan fingerprint density at radius 3 is 3.06 bits per heavy atom. The minimum atomic E-state index is 0.603. The van der Waals surface area contributed by atoms with Crippen molar-refractivity contribution in [3.8, 4) is 5.88 Å². The van der Waals surface area contributed by atoms with Crippen molar-refractivity contribution >= 4 is 31.9 Å². The fourth-order valence-corrected chi connectivity index (χ4v) is 2.87. The van der Waals surface area contributed by atoms with Crippen molar-refractivity contribution in [2.45, 2.75) is 12.8 Å².